The first-order valence-electron chi connectivity index (χ1n) is 5.62. The van der Waals surface area contributed by atoms with Gasteiger partial charge in [-0.15, -0.1) is 0 Å². The Morgan fingerprint density at radius 1 is 1.44 bits per heavy atom. The molecule has 1 heterocycles. The Morgan fingerprint density at radius 3 is 2.44 bits per heavy atom. The number of carbonyl (C=O) groups is 1. The van der Waals surface area contributed by atoms with Crippen LogP contribution in [-0.4, -0.2) is 35.4 Å². The van der Waals surface area contributed by atoms with Crippen molar-refractivity contribution in [1.29, 1.82) is 0 Å². The predicted octanol–water partition coefficient (Wildman–Crippen LogP) is 2.59. The second-order valence-electron chi connectivity index (χ2n) is 5.23. The third-order valence-corrected chi connectivity index (χ3v) is 2.78. The van der Waals surface area contributed by atoms with Crippen LogP contribution < -0.4 is 0 Å². The van der Waals surface area contributed by atoms with Crippen molar-refractivity contribution in [1.82, 2.24) is 9.27 Å². The van der Waals surface area contributed by atoms with E-state index < -0.39 is 5.41 Å². The number of ether oxygens (including phenoxy) is 1. The van der Waals surface area contributed by atoms with E-state index in [-0.39, 0.29) is 12.0 Å². The predicted molar refractivity (Wildman–Crippen MR) is 73.2 cm³/mol. The highest BCUT2D eigenvalue weighted by molar-refractivity contribution is 7.09. The van der Waals surface area contributed by atoms with E-state index in [4.69, 9.17) is 4.74 Å². The van der Waals surface area contributed by atoms with Gasteiger partial charge >= 0.3 is 12.0 Å². The fraction of sp³-hybridized carbons (Fsp3) is 0.583. The molecule has 0 aliphatic carbocycles. The van der Waals surface area contributed by atoms with Crippen LogP contribution in [0.4, 0.5) is 5.00 Å². The molecule has 0 radical (unpaired) electrons. The number of esters is 1. The van der Waals surface area contributed by atoms with E-state index in [1.165, 1.54) is 11.5 Å². The van der Waals surface area contributed by atoms with Crippen LogP contribution in [0.5, 0.6) is 0 Å². The molecular weight excluding hydrogens is 250 g/mol. The van der Waals surface area contributed by atoms with Crippen molar-refractivity contribution in [3.63, 3.8) is 0 Å². The first-order valence-corrected chi connectivity index (χ1v) is 6.39. The number of aromatic nitrogens is 1. The minimum Gasteiger partial charge on any atom is -0.392 e. The zero-order valence-corrected chi connectivity index (χ0v) is 12.5. The van der Waals surface area contributed by atoms with Crippen LogP contribution in [0.3, 0.4) is 0 Å². The molecule has 0 aliphatic rings. The monoisotopic (exact) mass is 269 g/mol. The van der Waals surface area contributed by atoms with Gasteiger partial charge in [0.15, 0.2) is 0 Å². The number of hydrogen-bond acceptors (Lipinski definition) is 5. The Balaban J connectivity index is 2.91. The first-order chi connectivity index (χ1) is 8.20. The quantitative estimate of drug-likeness (QED) is 0.447. The lowest BCUT2D eigenvalue weighted by Crippen LogP contribution is -2.32. The van der Waals surface area contributed by atoms with Crippen LogP contribution >= 0.6 is 11.5 Å². The Labute approximate surface area is 112 Å². The fourth-order valence-electron chi connectivity index (χ4n) is 0.947. The standard InChI is InChI=1S/C12H19N3O2S/c1-8-7-9(18-14-8)13-11(15(5)6)17-10(16)12(2,3)4/h7H,1-6H3/b13-11+. The molecule has 0 amide bonds. The first kappa shape index (κ1) is 14.6. The van der Waals surface area contributed by atoms with Crippen molar-refractivity contribution in [2.45, 2.75) is 27.7 Å². The summed E-state index contributed by atoms with van der Waals surface area (Å²) in [5, 5.41) is 0.720. The van der Waals surface area contributed by atoms with Gasteiger partial charge in [-0.25, -0.2) is 0 Å². The molecule has 0 unspecified atom stereocenters. The van der Waals surface area contributed by atoms with E-state index in [2.05, 4.69) is 9.37 Å². The van der Waals surface area contributed by atoms with Gasteiger partial charge < -0.3 is 9.64 Å². The molecule has 1 aromatic heterocycles. The average molecular weight is 269 g/mol. The van der Waals surface area contributed by atoms with Gasteiger partial charge in [-0.05, 0) is 45.3 Å². The minimum atomic E-state index is -0.555. The second-order valence-corrected chi connectivity index (χ2v) is 6.02. The summed E-state index contributed by atoms with van der Waals surface area (Å²) in [6.45, 7) is 7.31. The maximum atomic E-state index is 11.8. The molecule has 100 valence electrons. The number of hydrogen-bond donors (Lipinski definition) is 0. The average Bonchev–Trinajstić information content (AvgIpc) is 2.61. The van der Waals surface area contributed by atoms with E-state index in [0.29, 0.717) is 0 Å². The molecule has 18 heavy (non-hydrogen) atoms. The topological polar surface area (TPSA) is 54.8 Å². The molecule has 1 rings (SSSR count). The van der Waals surface area contributed by atoms with Crippen LogP contribution in [0, 0.1) is 12.3 Å². The Morgan fingerprint density at radius 2 is 2.06 bits per heavy atom. The lowest BCUT2D eigenvalue weighted by molar-refractivity contribution is -0.145. The van der Waals surface area contributed by atoms with Gasteiger partial charge in [-0.1, -0.05) is 0 Å². The van der Waals surface area contributed by atoms with Crippen molar-refractivity contribution in [2.24, 2.45) is 10.4 Å². The maximum absolute atomic E-state index is 11.8. The van der Waals surface area contributed by atoms with Crippen LogP contribution in [0.2, 0.25) is 0 Å². The molecule has 0 aromatic carbocycles. The van der Waals surface area contributed by atoms with Crippen LogP contribution in [0.25, 0.3) is 0 Å². The summed E-state index contributed by atoms with van der Waals surface area (Å²) in [5.74, 6) is -0.309. The van der Waals surface area contributed by atoms with Gasteiger partial charge in [0, 0.05) is 14.1 Å². The van der Waals surface area contributed by atoms with Gasteiger partial charge in [0.1, 0.15) is 5.00 Å². The Hall–Kier alpha value is -1.43. The molecular formula is C12H19N3O2S. The lowest BCUT2D eigenvalue weighted by Gasteiger charge is -2.20. The van der Waals surface area contributed by atoms with Crippen molar-refractivity contribution in [3.8, 4) is 0 Å². The molecule has 0 saturated carbocycles. The molecule has 5 nitrogen and oxygen atoms in total. The summed E-state index contributed by atoms with van der Waals surface area (Å²) in [5.41, 5.74) is 0.347. The summed E-state index contributed by atoms with van der Waals surface area (Å²) in [6, 6.07) is 2.12. The van der Waals surface area contributed by atoms with Gasteiger partial charge in [0.05, 0.1) is 11.1 Å². The number of carbonyl (C=O) groups excluding carboxylic acids is 1. The molecule has 6 heteroatoms. The number of aryl methyl sites for hydroxylation is 1. The third-order valence-electron chi connectivity index (χ3n) is 2.00. The van der Waals surface area contributed by atoms with Gasteiger partial charge in [-0.2, -0.15) is 9.37 Å². The summed E-state index contributed by atoms with van der Waals surface area (Å²) < 4.78 is 9.44. The van der Waals surface area contributed by atoms with E-state index in [9.17, 15) is 4.79 Å². The number of aliphatic imine (C=N–C) groups is 1. The van der Waals surface area contributed by atoms with E-state index in [0.717, 1.165) is 10.7 Å². The fourth-order valence-corrected chi connectivity index (χ4v) is 1.58. The molecule has 0 atom stereocenters. The van der Waals surface area contributed by atoms with Crippen LogP contribution in [0.1, 0.15) is 26.5 Å². The number of amidine groups is 1. The zero-order valence-electron chi connectivity index (χ0n) is 11.6. The van der Waals surface area contributed by atoms with E-state index in [1.54, 1.807) is 39.8 Å². The third kappa shape index (κ3) is 4.10. The van der Waals surface area contributed by atoms with E-state index >= 15 is 0 Å². The normalized spacial score (nSPS) is 12.4. The van der Waals surface area contributed by atoms with Crippen LogP contribution in [0.15, 0.2) is 11.1 Å². The SMILES string of the molecule is Cc1cc(/N=C(/OC(=O)C(C)(C)C)N(C)C)sn1. The van der Waals surface area contributed by atoms with Crippen molar-refractivity contribution in [2.75, 3.05) is 14.1 Å². The highest BCUT2D eigenvalue weighted by Gasteiger charge is 2.25. The van der Waals surface area contributed by atoms with Gasteiger partial charge in [0.25, 0.3) is 0 Å². The Kier molecular flexibility index (Phi) is 4.45. The van der Waals surface area contributed by atoms with Crippen molar-refractivity contribution >= 4 is 28.5 Å². The summed E-state index contributed by atoms with van der Waals surface area (Å²) >= 11 is 1.27. The highest BCUT2D eigenvalue weighted by atomic mass is 32.1. The van der Waals surface area contributed by atoms with Gasteiger partial charge in [0.2, 0.25) is 0 Å². The smallest absolute Gasteiger partial charge is 0.318 e. The molecule has 0 bridgehead atoms. The molecule has 0 spiro atoms. The maximum Gasteiger partial charge on any atom is 0.318 e. The number of nitrogens with zero attached hydrogens (tertiary/aromatic N) is 3. The highest BCUT2D eigenvalue weighted by Crippen LogP contribution is 2.21. The molecule has 1 aromatic rings. The second kappa shape index (κ2) is 5.48. The molecule has 0 N–H and O–H groups in total. The minimum absolute atomic E-state index is 0.276. The molecule has 0 aliphatic heterocycles. The number of rotatable bonds is 1. The van der Waals surface area contributed by atoms with Gasteiger partial charge in [-0.3, -0.25) is 4.79 Å². The summed E-state index contributed by atoms with van der Waals surface area (Å²) in [4.78, 5) is 17.8. The summed E-state index contributed by atoms with van der Waals surface area (Å²) in [7, 11) is 3.56. The van der Waals surface area contributed by atoms with Crippen molar-refractivity contribution in [3.05, 3.63) is 11.8 Å². The largest absolute Gasteiger partial charge is 0.392 e. The molecule has 0 saturated heterocycles. The van der Waals surface area contributed by atoms with E-state index in [1.807, 2.05) is 13.0 Å². The Bertz CT molecular complexity index is 458. The molecule has 0 fully saturated rings. The van der Waals surface area contributed by atoms with Crippen molar-refractivity contribution < 1.29 is 9.53 Å². The zero-order chi connectivity index (χ0) is 13.9. The lowest BCUT2D eigenvalue weighted by atomic mass is 9.97. The summed E-state index contributed by atoms with van der Waals surface area (Å²) in [6.07, 6.45) is 0. The van der Waals surface area contributed by atoms with Crippen LogP contribution in [-0.2, 0) is 9.53 Å².